The van der Waals surface area contributed by atoms with E-state index in [1.165, 1.54) is 32.1 Å². The summed E-state index contributed by atoms with van der Waals surface area (Å²) < 4.78 is 0. The molecule has 1 aromatic rings. The maximum atomic E-state index is 12.1. The highest BCUT2D eigenvalue weighted by Gasteiger charge is 2.15. The third-order valence-corrected chi connectivity index (χ3v) is 3.59. The molecule has 0 bridgehead atoms. The number of pyridine rings is 1. The van der Waals surface area contributed by atoms with Crippen LogP contribution < -0.4 is 5.32 Å². The molecule has 4 heteroatoms. The molecule has 0 radical (unpaired) electrons. The molecule has 1 aliphatic carbocycles. The monoisotopic (exact) mass is 272 g/mol. The van der Waals surface area contributed by atoms with Gasteiger partial charge in [0.15, 0.2) is 0 Å². The number of nitrogens with zero attached hydrogens (tertiary/aromatic N) is 1. The lowest BCUT2D eigenvalue weighted by Gasteiger charge is -2.21. The van der Waals surface area contributed by atoms with Crippen molar-refractivity contribution in [3.63, 3.8) is 0 Å². The first-order valence-corrected chi connectivity index (χ1v) is 7.12. The second-order valence-electron chi connectivity index (χ2n) is 5.14. The van der Waals surface area contributed by atoms with Gasteiger partial charge in [-0.25, -0.2) is 0 Å². The normalized spacial score (nSPS) is 15.2. The molecular formula is C16H20N2O2. The van der Waals surface area contributed by atoms with Gasteiger partial charge in [-0.1, -0.05) is 31.1 Å². The van der Waals surface area contributed by atoms with E-state index in [0.29, 0.717) is 17.0 Å². The van der Waals surface area contributed by atoms with Crippen molar-refractivity contribution in [3.05, 3.63) is 29.6 Å². The zero-order valence-corrected chi connectivity index (χ0v) is 11.6. The van der Waals surface area contributed by atoms with Crippen LogP contribution in [0, 0.1) is 17.8 Å². The summed E-state index contributed by atoms with van der Waals surface area (Å²) in [6.07, 6.45) is 9.41. The lowest BCUT2D eigenvalue weighted by molar-refractivity contribution is 0.0943. The maximum Gasteiger partial charge on any atom is 0.252 e. The highest BCUT2D eigenvalue weighted by Crippen LogP contribution is 2.22. The summed E-state index contributed by atoms with van der Waals surface area (Å²) in [4.78, 5) is 16.1. The van der Waals surface area contributed by atoms with Gasteiger partial charge in [-0.3, -0.25) is 9.78 Å². The molecule has 4 nitrogen and oxygen atoms in total. The van der Waals surface area contributed by atoms with Crippen molar-refractivity contribution in [2.45, 2.75) is 32.1 Å². The number of carbonyl (C=O) groups is 1. The topological polar surface area (TPSA) is 62.2 Å². The number of carbonyl (C=O) groups excluding carboxylic acids is 1. The first-order valence-electron chi connectivity index (χ1n) is 7.12. The SMILES string of the molecule is O=C(NCC1CCCCC1)c1cncc(C#CCO)c1. The molecule has 0 saturated heterocycles. The summed E-state index contributed by atoms with van der Waals surface area (Å²) in [5, 5.41) is 11.6. The van der Waals surface area contributed by atoms with E-state index in [1.54, 1.807) is 18.5 Å². The lowest BCUT2D eigenvalue weighted by Crippen LogP contribution is -2.30. The Balaban J connectivity index is 1.91. The maximum absolute atomic E-state index is 12.1. The third kappa shape index (κ3) is 4.36. The minimum atomic E-state index is -0.196. The lowest BCUT2D eigenvalue weighted by atomic mass is 9.89. The van der Waals surface area contributed by atoms with Gasteiger partial charge in [-0.05, 0) is 24.8 Å². The molecule has 106 valence electrons. The molecule has 0 aliphatic heterocycles. The zero-order chi connectivity index (χ0) is 14.2. The van der Waals surface area contributed by atoms with Gasteiger partial charge < -0.3 is 10.4 Å². The van der Waals surface area contributed by atoms with Crippen molar-refractivity contribution < 1.29 is 9.90 Å². The average molecular weight is 272 g/mol. The van der Waals surface area contributed by atoms with E-state index < -0.39 is 0 Å². The van der Waals surface area contributed by atoms with Crippen molar-refractivity contribution in [1.82, 2.24) is 10.3 Å². The number of nitrogens with one attached hydrogen (secondary N) is 1. The molecule has 1 fully saturated rings. The second kappa shape index (κ2) is 7.66. The number of aliphatic hydroxyl groups excluding tert-OH is 1. The fourth-order valence-corrected chi connectivity index (χ4v) is 2.50. The van der Waals surface area contributed by atoms with Gasteiger partial charge in [0.2, 0.25) is 0 Å². The Morgan fingerprint density at radius 2 is 2.15 bits per heavy atom. The van der Waals surface area contributed by atoms with Crippen LogP contribution >= 0.6 is 0 Å². The standard InChI is InChI=1S/C16H20N2O2/c19-8-4-7-14-9-15(12-17-10-14)16(20)18-11-13-5-2-1-3-6-13/h9-10,12-13,19H,1-3,5-6,8,11H2,(H,18,20). The minimum absolute atomic E-state index is 0.101. The van der Waals surface area contributed by atoms with Crippen molar-refractivity contribution in [3.8, 4) is 11.8 Å². The summed E-state index contributed by atoms with van der Waals surface area (Å²) >= 11 is 0. The highest BCUT2D eigenvalue weighted by atomic mass is 16.2. The number of aromatic nitrogens is 1. The fourth-order valence-electron chi connectivity index (χ4n) is 2.50. The molecule has 1 saturated carbocycles. The van der Waals surface area contributed by atoms with Crippen LogP contribution in [-0.4, -0.2) is 29.1 Å². The molecule has 2 rings (SSSR count). The number of hydrogen-bond acceptors (Lipinski definition) is 3. The van der Waals surface area contributed by atoms with Crippen molar-refractivity contribution >= 4 is 5.91 Å². The molecule has 1 aromatic heterocycles. The van der Waals surface area contributed by atoms with E-state index in [4.69, 9.17) is 5.11 Å². The summed E-state index contributed by atoms with van der Waals surface area (Å²) in [5.41, 5.74) is 1.16. The molecule has 0 unspecified atom stereocenters. The van der Waals surface area contributed by atoms with Crippen LogP contribution in [0.5, 0.6) is 0 Å². The molecule has 1 heterocycles. The van der Waals surface area contributed by atoms with E-state index in [9.17, 15) is 4.79 Å². The summed E-state index contributed by atoms with van der Waals surface area (Å²) in [7, 11) is 0. The van der Waals surface area contributed by atoms with E-state index in [0.717, 1.165) is 6.54 Å². The first-order chi connectivity index (χ1) is 9.79. The Morgan fingerprint density at radius 1 is 1.35 bits per heavy atom. The van der Waals surface area contributed by atoms with Crippen LogP contribution in [0.4, 0.5) is 0 Å². The van der Waals surface area contributed by atoms with Gasteiger partial charge in [-0.15, -0.1) is 0 Å². The minimum Gasteiger partial charge on any atom is -0.384 e. The van der Waals surface area contributed by atoms with Gasteiger partial charge in [-0.2, -0.15) is 0 Å². The van der Waals surface area contributed by atoms with Gasteiger partial charge in [0, 0.05) is 24.5 Å². The molecule has 2 N–H and O–H groups in total. The van der Waals surface area contributed by atoms with E-state index in [1.807, 2.05) is 0 Å². The number of hydrogen-bond donors (Lipinski definition) is 2. The highest BCUT2D eigenvalue weighted by molar-refractivity contribution is 5.94. The molecule has 20 heavy (non-hydrogen) atoms. The smallest absolute Gasteiger partial charge is 0.252 e. The summed E-state index contributed by atoms with van der Waals surface area (Å²) in [6, 6.07) is 1.70. The number of aliphatic hydroxyl groups is 1. The van der Waals surface area contributed by atoms with Crippen LogP contribution in [0.2, 0.25) is 0 Å². The Hall–Kier alpha value is -1.86. The van der Waals surface area contributed by atoms with Crippen molar-refractivity contribution in [1.29, 1.82) is 0 Å². The molecule has 1 aliphatic rings. The Kier molecular flexibility index (Phi) is 5.57. The van der Waals surface area contributed by atoms with E-state index in [2.05, 4.69) is 22.1 Å². The van der Waals surface area contributed by atoms with Gasteiger partial charge >= 0.3 is 0 Å². The molecular weight excluding hydrogens is 252 g/mol. The quantitative estimate of drug-likeness (QED) is 0.824. The van der Waals surface area contributed by atoms with Crippen LogP contribution in [-0.2, 0) is 0 Å². The van der Waals surface area contributed by atoms with Crippen LogP contribution in [0.3, 0.4) is 0 Å². The van der Waals surface area contributed by atoms with Crippen LogP contribution in [0.25, 0.3) is 0 Å². The van der Waals surface area contributed by atoms with Crippen molar-refractivity contribution in [2.75, 3.05) is 13.2 Å². The second-order valence-corrected chi connectivity index (χ2v) is 5.14. The van der Waals surface area contributed by atoms with Gasteiger partial charge in [0.05, 0.1) is 5.56 Å². The average Bonchev–Trinajstić information content (AvgIpc) is 2.52. The Morgan fingerprint density at radius 3 is 2.90 bits per heavy atom. The predicted molar refractivity (Wildman–Crippen MR) is 77.1 cm³/mol. The first kappa shape index (κ1) is 14.5. The van der Waals surface area contributed by atoms with Crippen LogP contribution in [0.15, 0.2) is 18.5 Å². The number of rotatable bonds is 3. The van der Waals surface area contributed by atoms with E-state index >= 15 is 0 Å². The fraction of sp³-hybridized carbons (Fsp3) is 0.500. The Bertz CT molecular complexity index is 511. The summed E-state index contributed by atoms with van der Waals surface area (Å²) in [6.45, 7) is 0.545. The zero-order valence-electron chi connectivity index (χ0n) is 11.6. The molecule has 0 aromatic carbocycles. The van der Waals surface area contributed by atoms with Crippen molar-refractivity contribution in [2.24, 2.45) is 5.92 Å². The van der Waals surface area contributed by atoms with Crippen LogP contribution in [0.1, 0.15) is 48.0 Å². The summed E-state index contributed by atoms with van der Waals surface area (Å²) in [5.74, 6) is 5.81. The number of amides is 1. The molecule has 0 spiro atoms. The van der Waals surface area contributed by atoms with E-state index in [-0.39, 0.29) is 12.5 Å². The van der Waals surface area contributed by atoms with Gasteiger partial charge in [0.1, 0.15) is 6.61 Å². The third-order valence-electron chi connectivity index (χ3n) is 3.59. The molecule has 1 amide bonds. The predicted octanol–water partition coefficient (Wildman–Crippen LogP) is 1.74. The molecule has 0 atom stereocenters. The van der Waals surface area contributed by atoms with Gasteiger partial charge in [0.25, 0.3) is 5.91 Å². The Labute approximate surface area is 119 Å². The largest absolute Gasteiger partial charge is 0.384 e.